The number of carbonyl (C=O) groups is 2. The summed E-state index contributed by atoms with van der Waals surface area (Å²) in [6.45, 7) is 1.88. The van der Waals surface area contributed by atoms with Gasteiger partial charge >= 0.3 is 5.97 Å². The smallest absolute Gasteiger partial charge is 0.348 e. The number of nitrogens with one attached hydrogen (secondary N) is 1. The fraction of sp³-hybridized carbons (Fsp3) is 0.0526. The van der Waals surface area contributed by atoms with Crippen molar-refractivity contribution in [3.63, 3.8) is 0 Å². The number of benzene rings is 2. The van der Waals surface area contributed by atoms with E-state index in [0.29, 0.717) is 10.4 Å². The number of carboxylic acid groups (broad SMARTS) is 1. The number of aromatic carboxylic acids is 1. The molecule has 7 heteroatoms. The minimum Gasteiger partial charge on any atom is -0.477 e. The van der Waals surface area contributed by atoms with Gasteiger partial charge in [-0.05, 0) is 42.8 Å². The van der Waals surface area contributed by atoms with Gasteiger partial charge in [0.2, 0.25) is 0 Å². The highest BCUT2D eigenvalue weighted by atomic mass is 32.1. The zero-order valence-electron chi connectivity index (χ0n) is 13.5. The molecular formula is C19H13F2NO3S. The largest absolute Gasteiger partial charge is 0.477 e. The molecule has 1 amide bonds. The topological polar surface area (TPSA) is 66.4 Å². The lowest BCUT2D eigenvalue weighted by Gasteiger charge is -2.04. The predicted octanol–water partition coefficient (Wildman–Crippen LogP) is 4.95. The third kappa shape index (κ3) is 3.78. The van der Waals surface area contributed by atoms with E-state index in [4.69, 9.17) is 0 Å². The van der Waals surface area contributed by atoms with Crippen LogP contribution in [0.25, 0.3) is 10.4 Å². The highest BCUT2D eigenvalue weighted by Crippen LogP contribution is 2.35. The molecule has 0 saturated heterocycles. The number of hydrogen-bond acceptors (Lipinski definition) is 3. The van der Waals surface area contributed by atoms with Gasteiger partial charge in [-0.3, -0.25) is 4.79 Å². The van der Waals surface area contributed by atoms with Gasteiger partial charge in [0.25, 0.3) is 5.91 Å². The van der Waals surface area contributed by atoms with E-state index >= 15 is 0 Å². The summed E-state index contributed by atoms with van der Waals surface area (Å²) in [5.74, 6) is -3.24. The van der Waals surface area contributed by atoms with E-state index in [2.05, 4.69) is 5.32 Å². The van der Waals surface area contributed by atoms with Crippen LogP contribution in [0.1, 0.15) is 25.6 Å². The van der Waals surface area contributed by atoms with Crippen molar-refractivity contribution in [1.29, 1.82) is 0 Å². The van der Waals surface area contributed by atoms with Crippen molar-refractivity contribution in [3.8, 4) is 10.4 Å². The summed E-state index contributed by atoms with van der Waals surface area (Å²) in [6, 6.07) is 11.1. The number of carboxylic acids is 1. The molecule has 2 N–H and O–H groups in total. The quantitative estimate of drug-likeness (QED) is 0.680. The van der Waals surface area contributed by atoms with Gasteiger partial charge in [0.05, 0.1) is 5.69 Å². The lowest BCUT2D eigenvalue weighted by Crippen LogP contribution is -2.13. The molecule has 1 heterocycles. The van der Waals surface area contributed by atoms with E-state index in [0.717, 1.165) is 35.1 Å². The molecule has 0 aliphatic carbocycles. The van der Waals surface area contributed by atoms with Crippen molar-refractivity contribution >= 4 is 28.9 Å². The van der Waals surface area contributed by atoms with Crippen LogP contribution in [0.5, 0.6) is 0 Å². The number of carbonyl (C=O) groups excluding carboxylic acids is 1. The van der Waals surface area contributed by atoms with Gasteiger partial charge in [-0.1, -0.05) is 17.7 Å². The van der Waals surface area contributed by atoms with Crippen LogP contribution >= 0.6 is 11.3 Å². The fourth-order valence-corrected chi connectivity index (χ4v) is 3.32. The summed E-state index contributed by atoms with van der Waals surface area (Å²) in [4.78, 5) is 24.0. The molecule has 0 bridgehead atoms. The molecule has 0 aliphatic heterocycles. The highest BCUT2D eigenvalue weighted by molar-refractivity contribution is 7.18. The number of thiophene rings is 1. The van der Waals surface area contributed by atoms with E-state index in [-0.39, 0.29) is 16.1 Å². The van der Waals surface area contributed by atoms with Gasteiger partial charge in [-0.2, -0.15) is 0 Å². The molecule has 1 aromatic heterocycles. The second kappa shape index (κ2) is 7.05. The molecule has 3 aromatic rings. The zero-order chi connectivity index (χ0) is 18.8. The van der Waals surface area contributed by atoms with Gasteiger partial charge in [-0.25, -0.2) is 13.6 Å². The van der Waals surface area contributed by atoms with Crippen molar-refractivity contribution < 1.29 is 23.5 Å². The number of halogens is 2. The van der Waals surface area contributed by atoms with Crippen LogP contribution in [0.15, 0.2) is 48.5 Å². The molecule has 0 fully saturated rings. The van der Waals surface area contributed by atoms with Crippen LogP contribution in [0.4, 0.5) is 14.5 Å². The van der Waals surface area contributed by atoms with E-state index < -0.39 is 23.5 Å². The maximum absolute atomic E-state index is 13.4. The third-order valence-corrected chi connectivity index (χ3v) is 4.81. The maximum atomic E-state index is 13.4. The maximum Gasteiger partial charge on any atom is 0.348 e. The Morgan fingerprint density at radius 2 is 1.62 bits per heavy atom. The zero-order valence-corrected chi connectivity index (χ0v) is 14.4. The van der Waals surface area contributed by atoms with Crippen molar-refractivity contribution in [2.24, 2.45) is 0 Å². The van der Waals surface area contributed by atoms with Crippen molar-refractivity contribution in [1.82, 2.24) is 0 Å². The molecule has 3 rings (SSSR count). The van der Waals surface area contributed by atoms with Gasteiger partial charge in [0.1, 0.15) is 16.5 Å². The first kappa shape index (κ1) is 17.8. The summed E-state index contributed by atoms with van der Waals surface area (Å²) in [5.41, 5.74) is 1.63. The van der Waals surface area contributed by atoms with Gasteiger partial charge in [-0.15, -0.1) is 11.3 Å². The lowest BCUT2D eigenvalue weighted by molar-refractivity contribution is 0.0703. The Labute approximate surface area is 151 Å². The number of rotatable bonds is 4. The van der Waals surface area contributed by atoms with Crippen LogP contribution in [0.3, 0.4) is 0 Å². The average Bonchev–Trinajstić information content (AvgIpc) is 2.98. The van der Waals surface area contributed by atoms with Crippen LogP contribution in [0, 0.1) is 18.6 Å². The lowest BCUT2D eigenvalue weighted by atomic mass is 10.1. The molecule has 26 heavy (non-hydrogen) atoms. The van der Waals surface area contributed by atoms with E-state index in [1.165, 1.54) is 6.07 Å². The SMILES string of the molecule is Cc1ccc(C(=O)Nc2cc(-c3cc(F)cc(F)c3)sc2C(=O)O)cc1. The van der Waals surface area contributed by atoms with Crippen LogP contribution in [-0.2, 0) is 0 Å². The van der Waals surface area contributed by atoms with Crippen LogP contribution < -0.4 is 5.32 Å². The molecule has 0 spiro atoms. The number of anilines is 1. The molecular weight excluding hydrogens is 360 g/mol. The first-order chi connectivity index (χ1) is 12.3. The molecule has 0 unspecified atom stereocenters. The Morgan fingerprint density at radius 3 is 2.19 bits per heavy atom. The first-order valence-electron chi connectivity index (χ1n) is 7.55. The minimum atomic E-state index is -1.24. The van der Waals surface area contributed by atoms with Crippen molar-refractivity contribution in [3.05, 3.63) is 76.2 Å². The molecule has 2 aromatic carbocycles. The molecule has 0 aliphatic rings. The Kier molecular flexibility index (Phi) is 4.81. The Hall–Kier alpha value is -3.06. The van der Waals surface area contributed by atoms with E-state index in [9.17, 15) is 23.5 Å². The van der Waals surface area contributed by atoms with Crippen LogP contribution in [0.2, 0.25) is 0 Å². The summed E-state index contributed by atoms with van der Waals surface area (Å²) < 4.78 is 26.8. The van der Waals surface area contributed by atoms with E-state index in [1.807, 2.05) is 6.92 Å². The standard InChI is InChI=1S/C19H13F2NO3S/c1-10-2-4-11(5-3-10)18(23)22-15-9-16(26-17(15)19(24)25)12-6-13(20)8-14(21)7-12/h2-9H,1H3,(H,22,23)(H,24,25). The fourth-order valence-electron chi connectivity index (χ4n) is 2.38. The molecule has 0 radical (unpaired) electrons. The minimum absolute atomic E-state index is 0.0766. The van der Waals surface area contributed by atoms with Crippen LogP contribution in [-0.4, -0.2) is 17.0 Å². The second-order valence-corrected chi connectivity index (χ2v) is 6.69. The summed E-state index contributed by atoms with van der Waals surface area (Å²) >= 11 is 0.830. The number of amides is 1. The first-order valence-corrected chi connectivity index (χ1v) is 8.37. The molecule has 0 saturated carbocycles. The molecule has 132 valence electrons. The number of aryl methyl sites for hydroxylation is 1. The van der Waals surface area contributed by atoms with Gasteiger partial charge in [0.15, 0.2) is 0 Å². The second-order valence-electron chi connectivity index (χ2n) is 5.64. The Bertz CT molecular complexity index is 976. The van der Waals surface area contributed by atoms with Crippen molar-refractivity contribution in [2.75, 3.05) is 5.32 Å². The Morgan fingerprint density at radius 1 is 1.00 bits per heavy atom. The highest BCUT2D eigenvalue weighted by Gasteiger charge is 2.19. The Balaban J connectivity index is 1.96. The van der Waals surface area contributed by atoms with Gasteiger partial charge in [0, 0.05) is 16.5 Å². The van der Waals surface area contributed by atoms with Crippen molar-refractivity contribution in [2.45, 2.75) is 6.92 Å². The summed E-state index contributed by atoms with van der Waals surface area (Å²) in [5, 5.41) is 11.9. The third-order valence-electron chi connectivity index (χ3n) is 3.64. The average molecular weight is 373 g/mol. The predicted molar refractivity (Wildman–Crippen MR) is 95.8 cm³/mol. The molecule has 4 nitrogen and oxygen atoms in total. The monoisotopic (exact) mass is 373 g/mol. The van der Waals surface area contributed by atoms with E-state index in [1.54, 1.807) is 24.3 Å². The van der Waals surface area contributed by atoms with Gasteiger partial charge < -0.3 is 10.4 Å². The summed E-state index contributed by atoms with van der Waals surface area (Å²) in [6.07, 6.45) is 0. The summed E-state index contributed by atoms with van der Waals surface area (Å²) in [7, 11) is 0. The number of hydrogen-bond donors (Lipinski definition) is 2. The molecule has 0 atom stereocenters. The normalized spacial score (nSPS) is 10.6.